The fraction of sp³-hybridized carbons (Fsp3) is 0.529. The van der Waals surface area contributed by atoms with Crippen molar-refractivity contribution in [1.29, 1.82) is 0 Å². The van der Waals surface area contributed by atoms with Crippen molar-refractivity contribution in [2.75, 3.05) is 13.2 Å². The Morgan fingerprint density at radius 3 is 1.21 bits per heavy atom. The molecular formula is C34H40Cl6O8. The highest BCUT2D eigenvalue weighted by Gasteiger charge is 2.32. The lowest BCUT2D eigenvalue weighted by Crippen LogP contribution is -2.27. The fourth-order valence-electron chi connectivity index (χ4n) is 4.95. The van der Waals surface area contributed by atoms with Gasteiger partial charge in [0.25, 0.3) is 0 Å². The number of carbonyl (C=O) groups excluding carboxylic acids is 4. The Hall–Kier alpha value is -1.94. The standard InChI is InChI=1S/C34H40Cl6O8/c1-5-9-13-19(11-7-3)17-45-31(41)25-27(39)21(35)15-23(37)29(25)47-33(43)34(44)48-30-24(38)16-22(36)28(40)26(30)32(42)46-18-20(12-8-4)14-10-6-2/h15-16,19-20H,5-14,17-18H2,1-4H3. The molecule has 2 unspecified atom stereocenters. The Labute approximate surface area is 311 Å². The van der Waals surface area contributed by atoms with Crippen LogP contribution in [0.4, 0.5) is 0 Å². The molecule has 0 radical (unpaired) electrons. The van der Waals surface area contributed by atoms with E-state index < -0.39 is 46.5 Å². The van der Waals surface area contributed by atoms with Crippen molar-refractivity contribution in [2.45, 2.75) is 91.9 Å². The molecule has 0 aliphatic rings. The summed E-state index contributed by atoms with van der Waals surface area (Å²) in [5.74, 6) is -6.16. The number of benzene rings is 2. The zero-order valence-corrected chi connectivity index (χ0v) is 31.9. The van der Waals surface area contributed by atoms with Gasteiger partial charge in [-0.15, -0.1) is 0 Å². The predicted molar refractivity (Wildman–Crippen MR) is 191 cm³/mol. The van der Waals surface area contributed by atoms with Crippen molar-refractivity contribution in [3.05, 3.63) is 53.4 Å². The molecule has 0 aromatic heterocycles. The fourth-order valence-corrected chi connectivity index (χ4v) is 6.38. The molecule has 0 saturated carbocycles. The summed E-state index contributed by atoms with van der Waals surface area (Å²) in [4.78, 5) is 52.5. The molecule has 2 rings (SSSR count). The van der Waals surface area contributed by atoms with Gasteiger partial charge in [-0.3, -0.25) is 0 Å². The predicted octanol–water partition coefficient (Wildman–Crippen LogP) is 11.6. The number of esters is 4. The number of unbranched alkanes of at least 4 members (excludes halogenated alkanes) is 2. The van der Waals surface area contributed by atoms with Crippen molar-refractivity contribution >= 4 is 93.5 Å². The van der Waals surface area contributed by atoms with Crippen LogP contribution >= 0.6 is 69.6 Å². The Kier molecular flexibility index (Phi) is 18.8. The van der Waals surface area contributed by atoms with Crippen LogP contribution in [0.2, 0.25) is 30.1 Å². The normalized spacial score (nSPS) is 12.3. The zero-order valence-electron chi connectivity index (χ0n) is 27.3. The second-order valence-electron chi connectivity index (χ2n) is 11.3. The molecule has 0 spiro atoms. The van der Waals surface area contributed by atoms with E-state index in [-0.39, 0.29) is 55.2 Å². The van der Waals surface area contributed by atoms with E-state index >= 15 is 0 Å². The molecule has 0 fully saturated rings. The lowest BCUT2D eigenvalue weighted by atomic mass is 9.98. The molecule has 0 aliphatic heterocycles. The van der Waals surface area contributed by atoms with Crippen LogP contribution in [0.25, 0.3) is 0 Å². The van der Waals surface area contributed by atoms with Gasteiger partial charge in [-0.25, -0.2) is 19.2 Å². The third-order valence-corrected chi connectivity index (χ3v) is 9.58. The van der Waals surface area contributed by atoms with E-state index in [4.69, 9.17) is 88.6 Å². The van der Waals surface area contributed by atoms with Crippen LogP contribution < -0.4 is 9.47 Å². The number of rotatable bonds is 18. The van der Waals surface area contributed by atoms with E-state index in [2.05, 4.69) is 13.8 Å². The van der Waals surface area contributed by atoms with E-state index in [0.29, 0.717) is 0 Å². The Balaban J connectivity index is 2.35. The van der Waals surface area contributed by atoms with E-state index in [1.54, 1.807) is 0 Å². The molecule has 0 saturated heterocycles. The third kappa shape index (κ3) is 12.1. The Morgan fingerprint density at radius 1 is 0.542 bits per heavy atom. The minimum Gasteiger partial charge on any atom is -0.462 e. The lowest BCUT2D eigenvalue weighted by Gasteiger charge is -2.18. The smallest absolute Gasteiger partial charge is 0.423 e. The van der Waals surface area contributed by atoms with Gasteiger partial charge in [0.15, 0.2) is 11.5 Å². The second kappa shape index (κ2) is 21.3. The zero-order chi connectivity index (χ0) is 36.0. The second-order valence-corrected chi connectivity index (χ2v) is 13.7. The van der Waals surface area contributed by atoms with Crippen LogP contribution in [0.3, 0.4) is 0 Å². The number of carbonyl (C=O) groups is 4. The van der Waals surface area contributed by atoms with Gasteiger partial charge in [0.05, 0.1) is 43.3 Å². The quantitative estimate of drug-likeness (QED) is 0.0636. The molecule has 0 aliphatic carbocycles. The summed E-state index contributed by atoms with van der Waals surface area (Å²) in [6, 6.07) is 2.27. The first-order valence-electron chi connectivity index (χ1n) is 15.9. The maximum absolute atomic E-state index is 13.2. The largest absolute Gasteiger partial charge is 0.462 e. The monoisotopic (exact) mass is 786 g/mol. The van der Waals surface area contributed by atoms with E-state index in [1.165, 1.54) is 0 Å². The first-order chi connectivity index (χ1) is 22.8. The van der Waals surface area contributed by atoms with Crippen LogP contribution in [0.15, 0.2) is 12.1 Å². The average molecular weight is 789 g/mol. The molecule has 8 nitrogen and oxygen atoms in total. The van der Waals surface area contributed by atoms with Crippen molar-refractivity contribution < 1.29 is 38.1 Å². The summed E-state index contributed by atoms with van der Waals surface area (Å²) in [7, 11) is 0. The number of ether oxygens (including phenoxy) is 4. The average Bonchev–Trinajstić information content (AvgIpc) is 3.04. The molecule has 48 heavy (non-hydrogen) atoms. The van der Waals surface area contributed by atoms with Crippen LogP contribution in [0.5, 0.6) is 11.5 Å². The van der Waals surface area contributed by atoms with Gasteiger partial charge in [-0.2, -0.15) is 0 Å². The maximum Gasteiger partial charge on any atom is 0.423 e. The minimum atomic E-state index is -1.64. The highest BCUT2D eigenvalue weighted by Crippen LogP contribution is 2.42. The van der Waals surface area contributed by atoms with Crippen LogP contribution in [0.1, 0.15) is 113 Å². The van der Waals surface area contributed by atoms with Crippen molar-refractivity contribution in [2.24, 2.45) is 11.8 Å². The molecule has 14 heteroatoms. The molecular weight excluding hydrogens is 749 g/mol. The maximum atomic E-state index is 13.2. The van der Waals surface area contributed by atoms with Crippen molar-refractivity contribution in [3.8, 4) is 11.5 Å². The molecule has 266 valence electrons. The van der Waals surface area contributed by atoms with Gasteiger partial charge in [-0.1, -0.05) is 136 Å². The third-order valence-electron chi connectivity index (χ3n) is 7.44. The molecule has 0 amide bonds. The van der Waals surface area contributed by atoms with Crippen LogP contribution in [-0.2, 0) is 19.1 Å². The summed E-state index contributed by atoms with van der Waals surface area (Å²) in [5, 5.41) is -1.46. The summed E-state index contributed by atoms with van der Waals surface area (Å²) in [6.45, 7) is 8.34. The summed E-state index contributed by atoms with van der Waals surface area (Å²) < 4.78 is 21.5. The van der Waals surface area contributed by atoms with Gasteiger partial charge in [0, 0.05) is 0 Å². The molecule has 0 N–H and O–H groups in total. The highest BCUT2D eigenvalue weighted by molar-refractivity contribution is 6.47. The topological polar surface area (TPSA) is 105 Å². The Morgan fingerprint density at radius 2 is 0.896 bits per heavy atom. The Bertz CT molecular complexity index is 1340. The van der Waals surface area contributed by atoms with Gasteiger partial charge in [-0.05, 0) is 49.7 Å². The van der Waals surface area contributed by atoms with Crippen molar-refractivity contribution in [3.63, 3.8) is 0 Å². The molecule has 0 heterocycles. The molecule has 2 aromatic rings. The van der Waals surface area contributed by atoms with Gasteiger partial charge in [0.2, 0.25) is 0 Å². The van der Waals surface area contributed by atoms with E-state index in [0.717, 1.165) is 76.3 Å². The summed E-state index contributed by atoms with van der Waals surface area (Å²) in [6.07, 6.45) is 9.01. The molecule has 0 bridgehead atoms. The van der Waals surface area contributed by atoms with Gasteiger partial charge in [0.1, 0.15) is 11.1 Å². The molecule has 2 aromatic carbocycles. The summed E-state index contributed by atoms with van der Waals surface area (Å²) in [5.41, 5.74) is -0.912. The van der Waals surface area contributed by atoms with Gasteiger partial charge >= 0.3 is 23.9 Å². The highest BCUT2D eigenvalue weighted by atomic mass is 35.5. The van der Waals surface area contributed by atoms with E-state index in [9.17, 15) is 19.2 Å². The van der Waals surface area contributed by atoms with E-state index in [1.807, 2.05) is 13.8 Å². The molecule has 2 atom stereocenters. The van der Waals surface area contributed by atoms with Crippen molar-refractivity contribution in [1.82, 2.24) is 0 Å². The first kappa shape index (κ1) is 42.2. The lowest BCUT2D eigenvalue weighted by molar-refractivity contribution is -0.156. The van der Waals surface area contributed by atoms with Crippen LogP contribution in [-0.4, -0.2) is 37.1 Å². The first-order valence-corrected chi connectivity index (χ1v) is 18.2. The van der Waals surface area contributed by atoms with Crippen LogP contribution in [0, 0.1) is 11.8 Å². The SMILES string of the molecule is CCCCC(CCC)COC(=O)c1c(Cl)c(Cl)cc(Cl)c1OC(=O)C(=O)Oc1c(Cl)cc(Cl)c(Cl)c1C(=O)OCC(CCC)CCCC. The number of hydrogen-bond donors (Lipinski definition) is 0. The van der Waals surface area contributed by atoms with Gasteiger partial charge < -0.3 is 18.9 Å². The number of halogens is 6. The summed E-state index contributed by atoms with van der Waals surface area (Å²) >= 11 is 37.6. The number of hydrogen-bond acceptors (Lipinski definition) is 8. The minimum absolute atomic E-state index is 0.0784.